The van der Waals surface area contributed by atoms with E-state index >= 15 is 0 Å². The van der Waals surface area contributed by atoms with Crippen molar-refractivity contribution in [3.8, 4) is 17.1 Å². The second-order valence-corrected chi connectivity index (χ2v) is 8.87. The number of carbonyl (C=O) groups excluding carboxylic acids is 1. The van der Waals surface area contributed by atoms with Crippen LogP contribution in [-0.2, 0) is 21.4 Å². The summed E-state index contributed by atoms with van der Waals surface area (Å²) in [6.07, 6.45) is 1.67. The third kappa shape index (κ3) is 4.44. The maximum Gasteiger partial charge on any atom is 0.338 e. The van der Waals surface area contributed by atoms with Gasteiger partial charge in [0.1, 0.15) is 5.75 Å². The Morgan fingerprint density at radius 1 is 1.13 bits per heavy atom. The summed E-state index contributed by atoms with van der Waals surface area (Å²) >= 11 is 0. The molecule has 0 amide bonds. The van der Waals surface area contributed by atoms with Crippen LogP contribution >= 0.6 is 0 Å². The third-order valence-electron chi connectivity index (χ3n) is 4.92. The molecule has 0 radical (unpaired) electrons. The van der Waals surface area contributed by atoms with Crippen LogP contribution in [0.5, 0.6) is 5.75 Å². The second-order valence-electron chi connectivity index (χ2n) is 6.93. The maximum absolute atomic E-state index is 12.7. The molecular formula is C21H21N3O6S. The highest BCUT2D eigenvalue weighted by Gasteiger charge is 2.27. The standard InChI is InChI=1S/C21H21N3O6S/c1-28-18-10-3-2-9-17(18)20-22-19(30-23-20)14-29-21(25)15-7-6-8-16(13-15)31(26,27)24-11-4-5-12-24/h2-3,6-10,13H,4-5,11-12,14H2,1H3. The molecule has 0 spiro atoms. The Hall–Kier alpha value is -3.24. The molecule has 0 atom stereocenters. The Bertz CT molecular complexity index is 1190. The van der Waals surface area contributed by atoms with Crippen LogP contribution in [0, 0.1) is 0 Å². The number of carbonyl (C=O) groups is 1. The van der Waals surface area contributed by atoms with E-state index in [2.05, 4.69) is 10.1 Å². The zero-order valence-corrected chi connectivity index (χ0v) is 17.7. The van der Waals surface area contributed by atoms with Crippen molar-refractivity contribution in [2.24, 2.45) is 0 Å². The van der Waals surface area contributed by atoms with Gasteiger partial charge in [-0.15, -0.1) is 0 Å². The molecule has 3 aromatic rings. The number of rotatable bonds is 7. The van der Waals surface area contributed by atoms with Gasteiger partial charge < -0.3 is 14.0 Å². The Kier molecular flexibility index (Phi) is 6.01. The first-order chi connectivity index (χ1) is 15.0. The number of benzene rings is 2. The summed E-state index contributed by atoms with van der Waals surface area (Å²) in [4.78, 5) is 16.8. The van der Waals surface area contributed by atoms with Gasteiger partial charge in [-0.25, -0.2) is 13.2 Å². The first-order valence-corrected chi connectivity index (χ1v) is 11.2. The number of esters is 1. The summed E-state index contributed by atoms with van der Waals surface area (Å²) in [6.45, 7) is 0.732. The summed E-state index contributed by atoms with van der Waals surface area (Å²) < 4.78 is 42.5. The monoisotopic (exact) mass is 443 g/mol. The topological polar surface area (TPSA) is 112 Å². The quantitative estimate of drug-likeness (QED) is 0.513. The molecule has 162 valence electrons. The average Bonchev–Trinajstić information content (AvgIpc) is 3.50. The Labute approximate surface area is 179 Å². The Morgan fingerprint density at radius 3 is 2.68 bits per heavy atom. The van der Waals surface area contributed by atoms with E-state index < -0.39 is 16.0 Å². The van der Waals surface area contributed by atoms with Gasteiger partial charge in [-0.1, -0.05) is 23.4 Å². The molecule has 1 saturated heterocycles. The van der Waals surface area contributed by atoms with Gasteiger partial charge in [0.25, 0.3) is 5.89 Å². The minimum atomic E-state index is -3.62. The fourth-order valence-corrected chi connectivity index (χ4v) is 4.89. The molecule has 1 aliphatic rings. The summed E-state index contributed by atoms with van der Waals surface area (Å²) in [5.41, 5.74) is 0.774. The number of para-hydroxylation sites is 1. The van der Waals surface area contributed by atoms with Crippen molar-refractivity contribution in [3.05, 3.63) is 60.0 Å². The molecule has 4 rings (SSSR count). The number of sulfonamides is 1. The van der Waals surface area contributed by atoms with E-state index in [4.69, 9.17) is 14.0 Å². The van der Waals surface area contributed by atoms with Gasteiger partial charge >= 0.3 is 5.97 Å². The Morgan fingerprint density at radius 2 is 1.90 bits per heavy atom. The van der Waals surface area contributed by atoms with Crippen LogP contribution in [0.1, 0.15) is 29.1 Å². The minimum absolute atomic E-state index is 0.0695. The SMILES string of the molecule is COc1ccccc1-c1noc(COC(=O)c2cccc(S(=O)(=O)N3CCCC3)c2)n1. The van der Waals surface area contributed by atoms with Crippen molar-refractivity contribution >= 4 is 16.0 Å². The van der Waals surface area contributed by atoms with Crippen LogP contribution in [0.25, 0.3) is 11.4 Å². The first-order valence-electron chi connectivity index (χ1n) is 9.72. The maximum atomic E-state index is 12.7. The fourth-order valence-electron chi connectivity index (χ4n) is 3.32. The van der Waals surface area contributed by atoms with Gasteiger partial charge in [0.05, 0.1) is 23.1 Å². The van der Waals surface area contributed by atoms with E-state index in [0.717, 1.165) is 12.8 Å². The molecule has 1 aromatic heterocycles. The number of ether oxygens (including phenoxy) is 2. The molecule has 2 heterocycles. The second kappa shape index (κ2) is 8.86. The molecule has 31 heavy (non-hydrogen) atoms. The largest absolute Gasteiger partial charge is 0.496 e. The Balaban J connectivity index is 1.45. The molecule has 0 bridgehead atoms. The molecular weight excluding hydrogens is 422 g/mol. The van der Waals surface area contributed by atoms with Crippen LogP contribution in [0.4, 0.5) is 0 Å². The number of aromatic nitrogens is 2. The van der Waals surface area contributed by atoms with E-state index in [9.17, 15) is 13.2 Å². The lowest BCUT2D eigenvalue weighted by Gasteiger charge is -2.15. The summed E-state index contributed by atoms with van der Waals surface area (Å²) in [7, 11) is -2.08. The van der Waals surface area contributed by atoms with E-state index in [1.807, 2.05) is 12.1 Å². The normalized spacial score (nSPS) is 14.5. The van der Waals surface area contributed by atoms with Gasteiger partial charge in [0.15, 0.2) is 6.61 Å². The minimum Gasteiger partial charge on any atom is -0.496 e. The van der Waals surface area contributed by atoms with Crippen LogP contribution in [0.15, 0.2) is 57.9 Å². The van der Waals surface area contributed by atoms with Gasteiger partial charge in [0.2, 0.25) is 15.8 Å². The molecule has 10 heteroatoms. The predicted molar refractivity (Wildman–Crippen MR) is 110 cm³/mol. The van der Waals surface area contributed by atoms with E-state index in [-0.39, 0.29) is 23.0 Å². The van der Waals surface area contributed by atoms with Crippen LogP contribution in [0.2, 0.25) is 0 Å². The molecule has 9 nitrogen and oxygen atoms in total. The zero-order chi connectivity index (χ0) is 21.8. The smallest absolute Gasteiger partial charge is 0.338 e. The summed E-state index contributed by atoms with van der Waals surface area (Å²) in [6, 6.07) is 13.0. The van der Waals surface area contributed by atoms with Crippen LogP contribution < -0.4 is 4.74 Å². The lowest BCUT2D eigenvalue weighted by molar-refractivity contribution is 0.0429. The third-order valence-corrected chi connectivity index (χ3v) is 6.81. The van der Waals surface area contributed by atoms with Crippen molar-refractivity contribution < 1.29 is 27.2 Å². The molecule has 0 unspecified atom stereocenters. The van der Waals surface area contributed by atoms with Crippen LogP contribution in [0.3, 0.4) is 0 Å². The van der Waals surface area contributed by atoms with Crippen molar-refractivity contribution in [2.45, 2.75) is 24.3 Å². The van der Waals surface area contributed by atoms with Crippen molar-refractivity contribution in [1.29, 1.82) is 0 Å². The fraction of sp³-hybridized carbons (Fsp3) is 0.286. The van der Waals surface area contributed by atoms with Gasteiger partial charge in [-0.3, -0.25) is 0 Å². The highest BCUT2D eigenvalue weighted by molar-refractivity contribution is 7.89. The highest BCUT2D eigenvalue weighted by atomic mass is 32.2. The molecule has 0 N–H and O–H groups in total. The lowest BCUT2D eigenvalue weighted by Crippen LogP contribution is -2.28. The molecule has 1 fully saturated rings. The van der Waals surface area contributed by atoms with Crippen LogP contribution in [-0.4, -0.2) is 49.0 Å². The highest BCUT2D eigenvalue weighted by Crippen LogP contribution is 2.27. The van der Waals surface area contributed by atoms with Gasteiger partial charge in [-0.2, -0.15) is 9.29 Å². The number of hydrogen-bond donors (Lipinski definition) is 0. The van der Waals surface area contributed by atoms with Crippen molar-refractivity contribution in [3.63, 3.8) is 0 Å². The van der Waals surface area contributed by atoms with Crippen molar-refractivity contribution in [1.82, 2.24) is 14.4 Å². The molecule has 2 aromatic carbocycles. The number of hydrogen-bond acceptors (Lipinski definition) is 8. The van der Waals surface area contributed by atoms with E-state index in [1.54, 1.807) is 19.2 Å². The summed E-state index contributed by atoms with van der Waals surface area (Å²) in [5, 5.41) is 3.89. The van der Waals surface area contributed by atoms with E-state index in [0.29, 0.717) is 30.2 Å². The lowest BCUT2D eigenvalue weighted by atomic mass is 10.2. The molecule has 1 aliphatic heterocycles. The molecule has 0 saturated carbocycles. The number of methoxy groups -OCH3 is 1. The number of nitrogens with zero attached hydrogens (tertiary/aromatic N) is 3. The van der Waals surface area contributed by atoms with E-state index in [1.165, 1.54) is 28.6 Å². The predicted octanol–water partition coefficient (Wildman–Crippen LogP) is 2.89. The molecule has 0 aliphatic carbocycles. The zero-order valence-electron chi connectivity index (χ0n) is 16.9. The van der Waals surface area contributed by atoms with Gasteiger partial charge in [0, 0.05) is 13.1 Å². The average molecular weight is 443 g/mol. The van der Waals surface area contributed by atoms with Crippen molar-refractivity contribution in [2.75, 3.05) is 20.2 Å². The van der Waals surface area contributed by atoms with Gasteiger partial charge in [-0.05, 0) is 43.2 Å². The summed E-state index contributed by atoms with van der Waals surface area (Å²) in [5.74, 6) is 0.315. The first kappa shape index (κ1) is 21.0.